The van der Waals surface area contributed by atoms with Gasteiger partial charge in [0.05, 0.1) is 12.7 Å². The minimum atomic E-state index is 0.190. The molecule has 0 aliphatic carbocycles. The first-order valence-electron chi connectivity index (χ1n) is 7.30. The number of rotatable bonds is 8. The molecule has 1 aromatic carbocycles. The van der Waals surface area contributed by atoms with E-state index in [0.717, 1.165) is 30.1 Å². The lowest BCUT2D eigenvalue weighted by molar-refractivity contribution is 0.0846. The van der Waals surface area contributed by atoms with E-state index in [4.69, 9.17) is 22.1 Å². The maximum Gasteiger partial charge on any atom is 0.0644 e. The van der Waals surface area contributed by atoms with Crippen molar-refractivity contribution in [2.24, 2.45) is 5.73 Å². The Labute approximate surface area is 128 Å². The average molecular weight is 299 g/mol. The highest BCUT2D eigenvalue weighted by Gasteiger charge is 2.11. The molecule has 0 amide bonds. The van der Waals surface area contributed by atoms with Crippen LogP contribution in [0.3, 0.4) is 0 Å². The molecule has 2 N–H and O–H groups in total. The number of hydrogen-bond donors (Lipinski definition) is 1. The Kier molecular flexibility index (Phi) is 7.35. The number of nitrogens with two attached hydrogens (primary N) is 1. The number of ether oxygens (including phenoxy) is 1. The molecule has 1 atom stereocenters. The van der Waals surface area contributed by atoms with Gasteiger partial charge in [0.1, 0.15) is 0 Å². The summed E-state index contributed by atoms with van der Waals surface area (Å²) in [6, 6.07) is 6.21. The standard InChI is InChI=1S/C16H27ClN2O/c1-5-15(18)10-13-6-7-14(17)11-16(13)19(4)8-9-20-12(2)3/h6-7,11-12,15H,5,8-10,18H2,1-4H3. The van der Waals surface area contributed by atoms with Crippen LogP contribution in [0.5, 0.6) is 0 Å². The van der Waals surface area contributed by atoms with Crippen molar-refractivity contribution in [1.82, 2.24) is 0 Å². The summed E-state index contributed by atoms with van der Waals surface area (Å²) in [5.41, 5.74) is 8.47. The van der Waals surface area contributed by atoms with Gasteiger partial charge >= 0.3 is 0 Å². The summed E-state index contributed by atoms with van der Waals surface area (Å²) in [4.78, 5) is 2.19. The highest BCUT2D eigenvalue weighted by atomic mass is 35.5. The van der Waals surface area contributed by atoms with E-state index in [-0.39, 0.29) is 12.1 Å². The van der Waals surface area contributed by atoms with Gasteiger partial charge in [-0.2, -0.15) is 0 Å². The minimum Gasteiger partial charge on any atom is -0.377 e. The molecule has 20 heavy (non-hydrogen) atoms. The summed E-state index contributed by atoms with van der Waals surface area (Å²) in [6.45, 7) is 7.75. The fourth-order valence-electron chi connectivity index (χ4n) is 2.04. The average Bonchev–Trinajstić information content (AvgIpc) is 2.40. The van der Waals surface area contributed by atoms with Gasteiger partial charge in [0, 0.05) is 30.3 Å². The molecule has 0 aliphatic heterocycles. The molecule has 1 rings (SSSR count). The van der Waals surface area contributed by atoms with E-state index in [1.165, 1.54) is 5.56 Å². The largest absolute Gasteiger partial charge is 0.377 e. The van der Waals surface area contributed by atoms with Gasteiger partial charge in [-0.25, -0.2) is 0 Å². The Morgan fingerprint density at radius 1 is 1.35 bits per heavy atom. The predicted octanol–water partition coefficient (Wildman–Crippen LogP) is 3.48. The highest BCUT2D eigenvalue weighted by molar-refractivity contribution is 6.30. The predicted molar refractivity (Wildman–Crippen MR) is 87.8 cm³/mol. The topological polar surface area (TPSA) is 38.5 Å². The number of nitrogens with zero attached hydrogens (tertiary/aromatic N) is 1. The van der Waals surface area contributed by atoms with Gasteiger partial charge in [-0.15, -0.1) is 0 Å². The second kappa shape index (κ2) is 8.50. The Balaban J connectivity index is 2.77. The van der Waals surface area contributed by atoms with E-state index in [1.54, 1.807) is 0 Å². The monoisotopic (exact) mass is 298 g/mol. The van der Waals surface area contributed by atoms with Crippen LogP contribution in [0.4, 0.5) is 5.69 Å². The first-order valence-corrected chi connectivity index (χ1v) is 7.68. The molecule has 0 aliphatic rings. The third-order valence-corrected chi connectivity index (χ3v) is 3.58. The van der Waals surface area contributed by atoms with Crippen LogP contribution < -0.4 is 10.6 Å². The number of benzene rings is 1. The Bertz CT molecular complexity index is 409. The van der Waals surface area contributed by atoms with E-state index in [2.05, 4.69) is 24.9 Å². The van der Waals surface area contributed by atoms with Crippen molar-refractivity contribution in [2.45, 2.75) is 45.8 Å². The Hall–Kier alpha value is -0.770. The summed E-state index contributed by atoms with van der Waals surface area (Å²) in [5.74, 6) is 0. The van der Waals surface area contributed by atoms with Gasteiger partial charge < -0.3 is 15.4 Å². The van der Waals surface area contributed by atoms with Gasteiger partial charge in [0.25, 0.3) is 0 Å². The van der Waals surface area contributed by atoms with Crippen molar-refractivity contribution in [3.63, 3.8) is 0 Å². The molecule has 0 aromatic heterocycles. The molecule has 0 bridgehead atoms. The lowest BCUT2D eigenvalue weighted by Crippen LogP contribution is -2.27. The minimum absolute atomic E-state index is 0.190. The number of hydrogen-bond acceptors (Lipinski definition) is 3. The summed E-state index contributed by atoms with van der Waals surface area (Å²) >= 11 is 6.13. The van der Waals surface area contributed by atoms with Crippen molar-refractivity contribution in [3.05, 3.63) is 28.8 Å². The highest BCUT2D eigenvalue weighted by Crippen LogP contribution is 2.25. The first-order chi connectivity index (χ1) is 9.43. The second-order valence-electron chi connectivity index (χ2n) is 5.49. The third-order valence-electron chi connectivity index (χ3n) is 3.34. The van der Waals surface area contributed by atoms with Gasteiger partial charge in [-0.05, 0) is 44.4 Å². The normalized spacial score (nSPS) is 12.8. The lowest BCUT2D eigenvalue weighted by Gasteiger charge is -2.24. The van der Waals surface area contributed by atoms with Crippen LogP contribution in [0.1, 0.15) is 32.8 Å². The van der Waals surface area contributed by atoms with Crippen molar-refractivity contribution >= 4 is 17.3 Å². The molecule has 1 unspecified atom stereocenters. The first kappa shape index (κ1) is 17.3. The van der Waals surface area contributed by atoms with Crippen LogP contribution in [-0.2, 0) is 11.2 Å². The fraction of sp³-hybridized carbons (Fsp3) is 0.625. The molecule has 0 radical (unpaired) electrons. The maximum absolute atomic E-state index is 6.13. The molecule has 0 fully saturated rings. The van der Waals surface area contributed by atoms with Gasteiger partial charge in [0.15, 0.2) is 0 Å². The smallest absolute Gasteiger partial charge is 0.0644 e. The number of halogens is 1. The Morgan fingerprint density at radius 3 is 2.65 bits per heavy atom. The fourth-order valence-corrected chi connectivity index (χ4v) is 2.20. The van der Waals surface area contributed by atoms with Gasteiger partial charge in [-0.3, -0.25) is 0 Å². The summed E-state index contributed by atoms with van der Waals surface area (Å²) in [5, 5.41) is 0.755. The molecule has 1 aromatic rings. The van der Waals surface area contributed by atoms with E-state index >= 15 is 0 Å². The van der Waals surface area contributed by atoms with E-state index in [0.29, 0.717) is 6.61 Å². The third kappa shape index (κ3) is 5.70. The molecule has 4 heteroatoms. The SMILES string of the molecule is CCC(N)Cc1ccc(Cl)cc1N(C)CCOC(C)C. The molecular weight excluding hydrogens is 272 g/mol. The summed E-state index contributed by atoms with van der Waals surface area (Å²) in [6.07, 6.45) is 2.11. The molecule has 3 nitrogen and oxygen atoms in total. The van der Waals surface area contributed by atoms with Gasteiger partial charge in [-0.1, -0.05) is 24.6 Å². The molecule has 0 saturated heterocycles. The van der Waals surface area contributed by atoms with Crippen LogP contribution in [0, 0.1) is 0 Å². The number of anilines is 1. The van der Waals surface area contributed by atoms with Crippen LogP contribution in [0.25, 0.3) is 0 Å². The summed E-state index contributed by atoms with van der Waals surface area (Å²) < 4.78 is 5.61. The quantitative estimate of drug-likeness (QED) is 0.798. The van der Waals surface area contributed by atoms with E-state index in [9.17, 15) is 0 Å². The van der Waals surface area contributed by atoms with Crippen LogP contribution in [0.15, 0.2) is 18.2 Å². The Morgan fingerprint density at radius 2 is 2.05 bits per heavy atom. The zero-order chi connectivity index (χ0) is 15.1. The van der Waals surface area contributed by atoms with Crippen LogP contribution in [0.2, 0.25) is 5.02 Å². The maximum atomic E-state index is 6.13. The summed E-state index contributed by atoms with van der Waals surface area (Å²) in [7, 11) is 2.07. The van der Waals surface area contributed by atoms with Crippen LogP contribution in [-0.4, -0.2) is 32.3 Å². The van der Waals surface area contributed by atoms with Crippen molar-refractivity contribution in [1.29, 1.82) is 0 Å². The lowest BCUT2D eigenvalue weighted by atomic mass is 10.0. The molecule has 0 spiro atoms. The van der Waals surface area contributed by atoms with Crippen LogP contribution >= 0.6 is 11.6 Å². The second-order valence-corrected chi connectivity index (χ2v) is 5.92. The van der Waals surface area contributed by atoms with Gasteiger partial charge in [0.2, 0.25) is 0 Å². The van der Waals surface area contributed by atoms with E-state index < -0.39 is 0 Å². The number of likely N-dealkylation sites (N-methyl/N-ethyl adjacent to an activating group) is 1. The molecule has 0 saturated carbocycles. The molecular formula is C16H27ClN2O. The zero-order valence-corrected chi connectivity index (χ0v) is 13.8. The van der Waals surface area contributed by atoms with Crippen molar-refractivity contribution in [3.8, 4) is 0 Å². The molecule has 114 valence electrons. The van der Waals surface area contributed by atoms with Crippen molar-refractivity contribution in [2.75, 3.05) is 25.1 Å². The van der Waals surface area contributed by atoms with E-state index in [1.807, 2.05) is 26.0 Å². The molecule has 0 heterocycles. The van der Waals surface area contributed by atoms with Crippen molar-refractivity contribution < 1.29 is 4.74 Å². The zero-order valence-electron chi connectivity index (χ0n) is 13.0.